The van der Waals surface area contributed by atoms with E-state index in [1.54, 1.807) is 13.3 Å². The quantitative estimate of drug-likeness (QED) is 0.737. The van der Waals surface area contributed by atoms with Gasteiger partial charge in [0.05, 0.1) is 7.11 Å². The van der Waals surface area contributed by atoms with Crippen LogP contribution in [0.25, 0.3) is 0 Å². The molecule has 26 heavy (non-hydrogen) atoms. The molecule has 6 nitrogen and oxygen atoms in total. The summed E-state index contributed by atoms with van der Waals surface area (Å²) in [5, 5.41) is 5.60. The first-order valence-corrected chi connectivity index (χ1v) is 8.01. The third-order valence-electron chi connectivity index (χ3n) is 3.94. The number of anilines is 1. The highest BCUT2D eigenvalue weighted by Crippen LogP contribution is 2.23. The molecule has 0 saturated carbocycles. The lowest BCUT2D eigenvalue weighted by molar-refractivity contribution is 0.249. The summed E-state index contributed by atoms with van der Waals surface area (Å²) in [4.78, 5) is 16.8. The Bertz CT molecular complexity index is 875. The fourth-order valence-corrected chi connectivity index (χ4v) is 2.58. The third kappa shape index (κ3) is 4.00. The van der Waals surface area contributed by atoms with Crippen LogP contribution >= 0.6 is 0 Å². The number of benzene rings is 2. The molecule has 0 saturated heterocycles. The predicted molar refractivity (Wildman–Crippen MR) is 96.6 cm³/mol. The molecule has 1 aromatic heterocycles. The highest BCUT2D eigenvalue weighted by atomic mass is 19.1. The van der Waals surface area contributed by atoms with Gasteiger partial charge in [-0.15, -0.1) is 0 Å². The minimum absolute atomic E-state index is 0.361. The number of hydrogen-bond donors (Lipinski definition) is 2. The molecule has 0 fully saturated rings. The van der Waals surface area contributed by atoms with E-state index in [-0.39, 0.29) is 5.82 Å². The van der Waals surface area contributed by atoms with Crippen molar-refractivity contribution in [2.45, 2.75) is 6.04 Å². The van der Waals surface area contributed by atoms with Gasteiger partial charge in [0.1, 0.15) is 23.4 Å². The first-order valence-electron chi connectivity index (χ1n) is 8.01. The molecule has 2 amide bonds. The SMILES string of the molecule is COc1ccc(C(NC(=O)Nc2ccc(F)cc2)c2nccn2C)cc1. The molecule has 0 spiro atoms. The zero-order chi connectivity index (χ0) is 18.5. The highest BCUT2D eigenvalue weighted by molar-refractivity contribution is 5.89. The van der Waals surface area contributed by atoms with Crippen LogP contribution in [0, 0.1) is 5.82 Å². The standard InChI is InChI=1S/C19H19FN4O2/c1-24-12-11-21-18(24)17(13-3-9-16(26-2)10-4-13)23-19(25)22-15-7-5-14(20)6-8-15/h3-12,17H,1-2H3,(H2,22,23,25). The minimum atomic E-state index is -0.457. The van der Waals surface area contributed by atoms with Crippen LogP contribution < -0.4 is 15.4 Å². The fourth-order valence-electron chi connectivity index (χ4n) is 2.58. The zero-order valence-corrected chi connectivity index (χ0v) is 14.4. The van der Waals surface area contributed by atoms with E-state index in [0.717, 1.165) is 11.3 Å². The number of halogens is 1. The van der Waals surface area contributed by atoms with Crippen LogP contribution in [0.1, 0.15) is 17.4 Å². The Hall–Kier alpha value is -3.35. The number of aryl methyl sites for hydroxylation is 1. The molecule has 2 N–H and O–H groups in total. The number of methoxy groups -OCH3 is 1. The third-order valence-corrected chi connectivity index (χ3v) is 3.94. The molecule has 134 valence electrons. The van der Waals surface area contributed by atoms with Crippen LogP contribution in [0.4, 0.5) is 14.9 Å². The molecular weight excluding hydrogens is 335 g/mol. The predicted octanol–water partition coefficient (Wildman–Crippen LogP) is 3.48. The van der Waals surface area contributed by atoms with Gasteiger partial charge in [0, 0.05) is 25.1 Å². The van der Waals surface area contributed by atoms with Gasteiger partial charge in [0.2, 0.25) is 0 Å². The summed E-state index contributed by atoms with van der Waals surface area (Å²) in [7, 11) is 3.46. The van der Waals surface area contributed by atoms with Gasteiger partial charge in [0.15, 0.2) is 0 Å². The van der Waals surface area contributed by atoms with Crippen molar-refractivity contribution in [3.8, 4) is 5.75 Å². The van der Waals surface area contributed by atoms with Crippen LogP contribution in [0.15, 0.2) is 60.9 Å². The number of hydrogen-bond acceptors (Lipinski definition) is 3. The lowest BCUT2D eigenvalue weighted by Crippen LogP contribution is -2.34. The zero-order valence-electron chi connectivity index (χ0n) is 14.4. The van der Waals surface area contributed by atoms with Crippen molar-refractivity contribution in [2.24, 2.45) is 7.05 Å². The van der Waals surface area contributed by atoms with Crippen LogP contribution in [0.2, 0.25) is 0 Å². The first-order chi connectivity index (χ1) is 12.6. The minimum Gasteiger partial charge on any atom is -0.497 e. The van der Waals surface area contributed by atoms with Gasteiger partial charge in [-0.1, -0.05) is 12.1 Å². The average Bonchev–Trinajstić information content (AvgIpc) is 3.07. The first kappa shape index (κ1) is 17.5. The average molecular weight is 354 g/mol. The van der Waals surface area contributed by atoms with E-state index in [9.17, 15) is 9.18 Å². The lowest BCUT2D eigenvalue weighted by atomic mass is 10.1. The maximum atomic E-state index is 13.0. The normalized spacial score (nSPS) is 11.7. The molecule has 0 aliphatic rings. The van der Waals surface area contributed by atoms with Gasteiger partial charge in [0.25, 0.3) is 0 Å². The van der Waals surface area contributed by atoms with Crippen LogP contribution in [-0.4, -0.2) is 22.7 Å². The molecule has 0 radical (unpaired) electrons. The summed E-state index contributed by atoms with van der Waals surface area (Å²) in [5.41, 5.74) is 1.35. The molecule has 3 rings (SSSR count). The van der Waals surface area contributed by atoms with Crippen molar-refractivity contribution in [3.63, 3.8) is 0 Å². The second-order valence-corrected chi connectivity index (χ2v) is 5.71. The fraction of sp³-hybridized carbons (Fsp3) is 0.158. The largest absolute Gasteiger partial charge is 0.497 e. The number of carbonyl (C=O) groups is 1. The van der Waals surface area contributed by atoms with Gasteiger partial charge in [-0.3, -0.25) is 0 Å². The van der Waals surface area contributed by atoms with Gasteiger partial charge < -0.3 is 19.9 Å². The second kappa shape index (κ2) is 7.69. The van der Waals surface area contributed by atoms with E-state index in [2.05, 4.69) is 15.6 Å². The van der Waals surface area contributed by atoms with Crippen molar-refractivity contribution in [3.05, 3.63) is 78.1 Å². The Morgan fingerprint density at radius 3 is 2.42 bits per heavy atom. The van der Waals surface area contributed by atoms with E-state index >= 15 is 0 Å². The van der Waals surface area contributed by atoms with Crippen molar-refractivity contribution < 1.29 is 13.9 Å². The molecule has 7 heteroatoms. The maximum Gasteiger partial charge on any atom is 0.320 e. The number of imidazole rings is 1. The number of nitrogens with one attached hydrogen (secondary N) is 2. The summed E-state index contributed by atoms with van der Waals surface area (Å²) in [6, 6.07) is 12.1. The van der Waals surface area contributed by atoms with Crippen LogP contribution in [-0.2, 0) is 7.05 Å². The number of aromatic nitrogens is 2. The lowest BCUT2D eigenvalue weighted by Gasteiger charge is -2.20. The molecule has 1 heterocycles. The summed E-state index contributed by atoms with van der Waals surface area (Å²) < 4.78 is 20.0. The monoisotopic (exact) mass is 354 g/mol. The van der Waals surface area contributed by atoms with Crippen LogP contribution in [0.3, 0.4) is 0 Å². The molecule has 3 aromatic rings. The van der Waals surface area contributed by atoms with Crippen molar-refractivity contribution in [1.82, 2.24) is 14.9 Å². The molecule has 2 aromatic carbocycles. The Balaban J connectivity index is 1.82. The summed E-state index contributed by atoms with van der Waals surface area (Å²) in [5.74, 6) is 1.05. The van der Waals surface area contributed by atoms with Gasteiger partial charge in [-0.2, -0.15) is 0 Å². The molecule has 1 unspecified atom stereocenters. The molecule has 0 aliphatic carbocycles. The molecular formula is C19H19FN4O2. The van der Waals surface area contributed by atoms with E-state index < -0.39 is 12.1 Å². The highest BCUT2D eigenvalue weighted by Gasteiger charge is 2.21. The van der Waals surface area contributed by atoms with Crippen molar-refractivity contribution in [2.75, 3.05) is 12.4 Å². The van der Waals surface area contributed by atoms with Gasteiger partial charge >= 0.3 is 6.03 Å². The smallest absolute Gasteiger partial charge is 0.320 e. The Morgan fingerprint density at radius 1 is 1.15 bits per heavy atom. The maximum absolute atomic E-state index is 13.0. The summed E-state index contributed by atoms with van der Waals surface area (Å²) in [6.07, 6.45) is 3.48. The molecule has 0 aliphatic heterocycles. The number of ether oxygens (including phenoxy) is 1. The van der Waals surface area contributed by atoms with Crippen molar-refractivity contribution >= 4 is 11.7 Å². The summed E-state index contributed by atoms with van der Waals surface area (Å²) >= 11 is 0. The number of carbonyl (C=O) groups excluding carboxylic acids is 1. The van der Waals surface area contributed by atoms with Crippen molar-refractivity contribution in [1.29, 1.82) is 0 Å². The molecule has 0 bridgehead atoms. The Labute approximate surface area is 150 Å². The van der Waals surface area contributed by atoms with Gasteiger partial charge in [-0.25, -0.2) is 14.2 Å². The van der Waals surface area contributed by atoms with E-state index in [0.29, 0.717) is 11.5 Å². The Morgan fingerprint density at radius 2 is 1.85 bits per heavy atom. The Kier molecular flexibility index (Phi) is 5.17. The number of urea groups is 1. The number of rotatable bonds is 5. The number of nitrogens with zero attached hydrogens (tertiary/aromatic N) is 2. The van der Waals surface area contributed by atoms with E-state index in [1.165, 1.54) is 24.3 Å². The summed E-state index contributed by atoms with van der Waals surface area (Å²) in [6.45, 7) is 0. The van der Waals surface area contributed by atoms with E-state index in [4.69, 9.17) is 4.74 Å². The second-order valence-electron chi connectivity index (χ2n) is 5.71. The van der Waals surface area contributed by atoms with Gasteiger partial charge in [-0.05, 0) is 42.0 Å². The van der Waals surface area contributed by atoms with E-state index in [1.807, 2.05) is 42.1 Å². The van der Waals surface area contributed by atoms with Crippen LogP contribution in [0.5, 0.6) is 5.75 Å². The topological polar surface area (TPSA) is 68.2 Å². The number of amides is 2. The molecule has 1 atom stereocenters.